The van der Waals surface area contributed by atoms with E-state index in [4.69, 9.17) is 10.5 Å². The molecule has 2 aromatic rings. The Balaban J connectivity index is 2.03. The zero-order valence-corrected chi connectivity index (χ0v) is 12.8. The van der Waals surface area contributed by atoms with Crippen molar-refractivity contribution in [1.82, 2.24) is 15.0 Å². The summed E-state index contributed by atoms with van der Waals surface area (Å²) in [5.74, 6) is 0. The van der Waals surface area contributed by atoms with Crippen molar-refractivity contribution in [1.29, 1.82) is 0 Å². The number of primary amides is 1. The van der Waals surface area contributed by atoms with Crippen LogP contribution in [0.25, 0.3) is 16.6 Å². The van der Waals surface area contributed by atoms with Crippen LogP contribution in [0.4, 0.5) is 4.79 Å². The van der Waals surface area contributed by atoms with Crippen molar-refractivity contribution in [2.24, 2.45) is 5.73 Å². The molecular weight excluding hydrogens is 371 g/mol. The fourth-order valence-corrected chi connectivity index (χ4v) is 3.16. The van der Waals surface area contributed by atoms with Gasteiger partial charge in [0.1, 0.15) is 18.1 Å². The normalized spacial score (nSPS) is 18.9. The Morgan fingerprint density at radius 2 is 2.35 bits per heavy atom. The first-order valence-electron chi connectivity index (χ1n) is 6.30. The van der Waals surface area contributed by atoms with Crippen molar-refractivity contribution in [2.75, 3.05) is 0 Å². The zero-order valence-electron chi connectivity index (χ0n) is 10.6. The topological polar surface area (TPSA) is 93.9 Å². The van der Waals surface area contributed by atoms with Crippen LogP contribution in [0.5, 0.6) is 0 Å². The smallest absolute Gasteiger partial charge is 0.405 e. The summed E-state index contributed by atoms with van der Waals surface area (Å²) < 4.78 is 6.15. The Morgan fingerprint density at radius 3 is 3.15 bits per heavy atom. The average molecular weight is 384 g/mol. The van der Waals surface area contributed by atoms with Gasteiger partial charge in [0.2, 0.25) is 0 Å². The van der Waals surface area contributed by atoms with Crippen LogP contribution in [0.2, 0.25) is 0 Å². The highest BCUT2D eigenvalue weighted by Gasteiger charge is 2.20. The number of hydrogen-bond donors (Lipinski definition) is 2. The van der Waals surface area contributed by atoms with Gasteiger partial charge < -0.3 is 15.5 Å². The third kappa shape index (κ3) is 2.49. The van der Waals surface area contributed by atoms with Crippen molar-refractivity contribution in [3.8, 4) is 0 Å². The quantitative estimate of drug-likeness (QED) is 0.779. The van der Waals surface area contributed by atoms with Gasteiger partial charge in [0.25, 0.3) is 0 Å². The summed E-state index contributed by atoms with van der Waals surface area (Å²) in [7, 11) is 0. The molecule has 0 radical (unpaired) electrons. The minimum atomic E-state index is -0.739. The Morgan fingerprint density at radius 1 is 1.50 bits per heavy atom. The van der Waals surface area contributed by atoms with E-state index in [0.29, 0.717) is 0 Å². The highest BCUT2D eigenvalue weighted by Crippen LogP contribution is 2.32. The number of hydrogen-bond acceptors (Lipinski definition) is 4. The predicted octanol–water partition coefficient (Wildman–Crippen LogP) is 2.59. The van der Waals surface area contributed by atoms with E-state index in [-0.39, 0.29) is 6.10 Å². The number of fused-ring (bicyclic) bond motifs is 1. The number of ether oxygens (including phenoxy) is 1. The maximum absolute atomic E-state index is 10.9. The van der Waals surface area contributed by atoms with Crippen LogP contribution in [0.1, 0.15) is 25.0 Å². The van der Waals surface area contributed by atoms with Gasteiger partial charge in [-0.15, -0.1) is 0 Å². The van der Waals surface area contributed by atoms with Gasteiger partial charge in [0, 0.05) is 9.77 Å². The summed E-state index contributed by atoms with van der Waals surface area (Å²) in [6, 6.07) is 0. The van der Waals surface area contributed by atoms with Gasteiger partial charge in [-0.05, 0) is 53.5 Å². The molecule has 1 amide bonds. The van der Waals surface area contributed by atoms with Crippen molar-refractivity contribution in [3.05, 3.63) is 27.9 Å². The number of nitrogens with one attached hydrogen (secondary N) is 1. The summed E-state index contributed by atoms with van der Waals surface area (Å²) in [5, 5.41) is 1.01. The van der Waals surface area contributed by atoms with E-state index in [0.717, 1.165) is 45.1 Å². The Hall–Kier alpha value is -1.64. The minimum Gasteiger partial charge on any atom is -0.442 e. The fourth-order valence-electron chi connectivity index (χ4n) is 2.49. The molecule has 0 bridgehead atoms. The summed E-state index contributed by atoms with van der Waals surface area (Å²) in [6.07, 6.45) is 7.04. The van der Waals surface area contributed by atoms with Crippen LogP contribution >= 0.6 is 22.6 Å². The predicted molar refractivity (Wildman–Crippen MR) is 82.9 cm³/mol. The molecule has 0 aliphatic heterocycles. The molecule has 1 aliphatic carbocycles. The number of rotatable bonds is 2. The van der Waals surface area contributed by atoms with Gasteiger partial charge in [-0.2, -0.15) is 0 Å². The number of nitrogens with zero attached hydrogens (tertiary/aromatic N) is 2. The van der Waals surface area contributed by atoms with E-state index < -0.39 is 6.09 Å². The van der Waals surface area contributed by atoms with E-state index >= 15 is 0 Å². The van der Waals surface area contributed by atoms with Gasteiger partial charge in [-0.1, -0.05) is 0 Å². The highest BCUT2D eigenvalue weighted by molar-refractivity contribution is 14.1. The molecule has 7 heteroatoms. The van der Waals surface area contributed by atoms with E-state index in [1.165, 1.54) is 0 Å². The number of allylic oxidation sites excluding steroid dienone is 1. The van der Waals surface area contributed by atoms with Crippen molar-refractivity contribution < 1.29 is 9.53 Å². The van der Waals surface area contributed by atoms with E-state index in [1.807, 2.05) is 12.3 Å². The standard InChI is InChI=1S/C13H13IN4O2/c14-9-5-16-12-10(9)11(17-6-18-12)7-2-1-3-8(4-7)20-13(15)19/h4-6,8H,1-3H2,(H2,15,19)(H,16,17,18). The van der Waals surface area contributed by atoms with Gasteiger partial charge in [-0.25, -0.2) is 14.8 Å². The lowest BCUT2D eigenvalue weighted by atomic mass is 9.94. The molecule has 3 N–H and O–H groups in total. The molecule has 0 aromatic carbocycles. The molecule has 1 aliphatic rings. The fraction of sp³-hybridized carbons (Fsp3) is 0.308. The Bertz CT molecular complexity index is 695. The van der Waals surface area contributed by atoms with Crippen LogP contribution < -0.4 is 5.73 Å². The molecule has 2 heterocycles. The van der Waals surface area contributed by atoms with Gasteiger partial charge in [0.15, 0.2) is 0 Å². The van der Waals surface area contributed by atoms with Crippen molar-refractivity contribution >= 4 is 45.3 Å². The van der Waals surface area contributed by atoms with E-state index in [1.54, 1.807) is 6.33 Å². The van der Waals surface area contributed by atoms with Gasteiger partial charge in [-0.3, -0.25) is 0 Å². The number of aromatic amines is 1. The average Bonchev–Trinajstić information content (AvgIpc) is 2.80. The van der Waals surface area contributed by atoms with Crippen LogP contribution in [0.3, 0.4) is 0 Å². The first-order valence-corrected chi connectivity index (χ1v) is 7.38. The lowest BCUT2D eigenvalue weighted by Gasteiger charge is -2.20. The molecule has 0 fully saturated rings. The molecule has 1 atom stereocenters. The highest BCUT2D eigenvalue weighted by atomic mass is 127. The molecule has 6 nitrogen and oxygen atoms in total. The second kappa shape index (κ2) is 5.39. The largest absolute Gasteiger partial charge is 0.442 e. The maximum Gasteiger partial charge on any atom is 0.405 e. The third-order valence-corrected chi connectivity index (χ3v) is 4.17. The molecule has 0 saturated carbocycles. The first-order chi connectivity index (χ1) is 9.65. The molecule has 0 saturated heterocycles. The third-order valence-electron chi connectivity index (χ3n) is 3.32. The van der Waals surface area contributed by atoms with Gasteiger partial charge >= 0.3 is 6.09 Å². The van der Waals surface area contributed by atoms with Crippen LogP contribution in [0, 0.1) is 3.57 Å². The maximum atomic E-state index is 10.9. The summed E-state index contributed by atoms with van der Waals surface area (Å²) in [6.45, 7) is 0. The zero-order chi connectivity index (χ0) is 14.1. The van der Waals surface area contributed by atoms with E-state index in [9.17, 15) is 4.79 Å². The first kappa shape index (κ1) is 13.3. The van der Waals surface area contributed by atoms with Crippen LogP contribution in [-0.2, 0) is 4.74 Å². The summed E-state index contributed by atoms with van der Waals surface area (Å²) in [5.41, 5.74) is 7.88. The number of aromatic nitrogens is 3. The second-order valence-corrected chi connectivity index (χ2v) is 5.80. The number of carbonyl (C=O) groups excluding carboxylic acids is 1. The number of nitrogens with two attached hydrogens (primary N) is 1. The number of carbonyl (C=O) groups is 1. The SMILES string of the molecule is NC(=O)OC1C=C(c2ncnc3[nH]cc(I)c23)CCC1. The van der Waals surface area contributed by atoms with Gasteiger partial charge in [0.05, 0.1) is 11.1 Å². The number of H-pyrrole nitrogens is 1. The van der Waals surface area contributed by atoms with Crippen LogP contribution in [0.15, 0.2) is 18.6 Å². The minimum absolute atomic E-state index is 0.266. The second-order valence-electron chi connectivity index (χ2n) is 4.64. The summed E-state index contributed by atoms with van der Waals surface area (Å²) >= 11 is 2.26. The van der Waals surface area contributed by atoms with Crippen LogP contribution in [-0.4, -0.2) is 27.1 Å². The molecule has 1 unspecified atom stereocenters. The van der Waals surface area contributed by atoms with Crippen molar-refractivity contribution in [3.63, 3.8) is 0 Å². The molecule has 3 rings (SSSR count). The molecule has 2 aromatic heterocycles. The molecule has 0 spiro atoms. The lowest BCUT2D eigenvalue weighted by Crippen LogP contribution is -2.23. The molecular formula is C13H13IN4O2. The van der Waals surface area contributed by atoms with E-state index in [2.05, 4.69) is 37.5 Å². The number of amides is 1. The monoisotopic (exact) mass is 384 g/mol. The Labute approximate surface area is 128 Å². The summed E-state index contributed by atoms with van der Waals surface area (Å²) in [4.78, 5) is 22.6. The Kier molecular flexibility index (Phi) is 3.60. The molecule has 20 heavy (non-hydrogen) atoms. The lowest BCUT2D eigenvalue weighted by molar-refractivity contribution is 0.122. The van der Waals surface area contributed by atoms with Crippen molar-refractivity contribution in [2.45, 2.75) is 25.4 Å². The number of halogens is 1. The molecule has 104 valence electrons.